The summed E-state index contributed by atoms with van der Waals surface area (Å²) in [6, 6.07) is 25.5. The summed E-state index contributed by atoms with van der Waals surface area (Å²) < 4.78 is 30.0. The summed E-state index contributed by atoms with van der Waals surface area (Å²) in [5.74, 6) is 0. The number of fused-ring (bicyclic) bond motifs is 2. The van der Waals surface area contributed by atoms with Gasteiger partial charge in [0.1, 0.15) is 0 Å². The van der Waals surface area contributed by atoms with Gasteiger partial charge >= 0.3 is 0 Å². The van der Waals surface area contributed by atoms with Gasteiger partial charge in [0.15, 0.2) is 0 Å². The molecule has 0 spiro atoms. The third-order valence-electron chi connectivity index (χ3n) is 6.00. The molecule has 6 nitrogen and oxygen atoms in total. The van der Waals surface area contributed by atoms with E-state index in [0.717, 1.165) is 25.1 Å². The molecule has 168 valence electrons. The van der Waals surface area contributed by atoms with Crippen molar-refractivity contribution in [2.45, 2.75) is 24.2 Å². The van der Waals surface area contributed by atoms with E-state index in [9.17, 15) is 8.42 Å². The van der Waals surface area contributed by atoms with Crippen molar-refractivity contribution in [3.05, 3.63) is 102 Å². The van der Waals surface area contributed by atoms with Gasteiger partial charge in [0.25, 0.3) is 0 Å². The van der Waals surface area contributed by atoms with Crippen molar-refractivity contribution in [3.63, 3.8) is 0 Å². The second kappa shape index (κ2) is 9.21. The minimum absolute atomic E-state index is 0.254. The third-order valence-corrected chi connectivity index (χ3v) is 7.47. The van der Waals surface area contributed by atoms with Crippen LogP contribution in [0.1, 0.15) is 17.5 Å². The number of hydrogen-bond donors (Lipinski definition) is 1. The molecule has 1 aliphatic heterocycles. The van der Waals surface area contributed by atoms with Crippen LogP contribution in [-0.4, -0.2) is 31.3 Å². The van der Waals surface area contributed by atoms with Gasteiger partial charge in [-0.2, -0.15) is 5.10 Å². The summed E-state index contributed by atoms with van der Waals surface area (Å²) in [5, 5.41) is 4.17. The van der Waals surface area contributed by atoms with E-state index < -0.39 is 10.0 Å². The molecule has 7 heteroatoms. The Morgan fingerprint density at radius 2 is 1.45 bits per heavy atom. The number of rotatable bonds is 7. The van der Waals surface area contributed by atoms with E-state index in [4.69, 9.17) is 0 Å². The number of aromatic nitrogens is 2. The molecular weight excluding hydrogens is 432 g/mol. The molecule has 3 aromatic carbocycles. The molecule has 33 heavy (non-hydrogen) atoms. The van der Waals surface area contributed by atoms with Gasteiger partial charge in [-0.25, -0.2) is 17.8 Å². The molecule has 0 atom stereocenters. The highest BCUT2D eigenvalue weighted by atomic mass is 32.2. The number of anilines is 2. The first-order valence-electron chi connectivity index (χ1n) is 11.1. The molecule has 0 unspecified atom stereocenters. The Morgan fingerprint density at radius 1 is 0.818 bits per heavy atom. The average molecular weight is 459 g/mol. The van der Waals surface area contributed by atoms with Crippen LogP contribution < -0.4 is 9.62 Å². The SMILES string of the molecule is O=S(=O)(NCCCN1c2ccccc2CCc2ccccc21)c1ccc(-n2cccn2)cc1. The lowest BCUT2D eigenvalue weighted by atomic mass is 10.0. The number of nitrogens with zero attached hydrogens (tertiary/aromatic N) is 3. The highest BCUT2D eigenvalue weighted by molar-refractivity contribution is 7.89. The van der Waals surface area contributed by atoms with Crippen LogP contribution in [0.15, 0.2) is 96.2 Å². The Bertz CT molecular complexity index is 1290. The topological polar surface area (TPSA) is 67.2 Å². The normalized spacial score (nSPS) is 13.3. The Morgan fingerprint density at radius 3 is 2.06 bits per heavy atom. The highest BCUT2D eigenvalue weighted by Crippen LogP contribution is 2.35. The third kappa shape index (κ3) is 4.55. The Balaban J connectivity index is 1.26. The summed E-state index contributed by atoms with van der Waals surface area (Å²) in [6.07, 6.45) is 6.21. The highest BCUT2D eigenvalue weighted by Gasteiger charge is 2.20. The molecule has 0 fully saturated rings. The van der Waals surface area contributed by atoms with Crippen molar-refractivity contribution in [1.29, 1.82) is 0 Å². The lowest BCUT2D eigenvalue weighted by Gasteiger charge is -2.27. The van der Waals surface area contributed by atoms with Crippen LogP contribution in [0.4, 0.5) is 11.4 Å². The van der Waals surface area contributed by atoms with Crippen LogP contribution >= 0.6 is 0 Å². The molecule has 2 heterocycles. The van der Waals surface area contributed by atoms with E-state index >= 15 is 0 Å². The quantitative estimate of drug-likeness (QED) is 0.415. The monoisotopic (exact) mass is 458 g/mol. The largest absolute Gasteiger partial charge is 0.341 e. The maximum atomic E-state index is 12.8. The van der Waals surface area contributed by atoms with Crippen LogP contribution in [0.2, 0.25) is 0 Å². The van der Waals surface area contributed by atoms with Gasteiger partial charge in [-0.1, -0.05) is 36.4 Å². The number of nitrogens with one attached hydrogen (secondary N) is 1. The lowest BCUT2D eigenvalue weighted by Crippen LogP contribution is -2.28. The van der Waals surface area contributed by atoms with Gasteiger partial charge in [0, 0.05) is 36.9 Å². The summed E-state index contributed by atoms with van der Waals surface area (Å²) in [5.41, 5.74) is 5.88. The van der Waals surface area contributed by atoms with Crippen LogP contribution in [0.5, 0.6) is 0 Å². The number of para-hydroxylation sites is 2. The summed E-state index contributed by atoms with van der Waals surface area (Å²) >= 11 is 0. The van der Waals surface area contributed by atoms with Crippen molar-refractivity contribution in [3.8, 4) is 5.69 Å². The van der Waals surface area contributed by atoms with Crippen LogP contribution in [0, 0.1) is 0 Å². The van der Waals surface area contributed by atoms with Gasteiger partial charge < -0.3 is 4.90 Å². The van der Waals surface area contributed by atoms with Crippen LogP contribution in [0.25, 0.3) is 5.69 Å². The van der Waals surface area contributed by atoms with E-state index in [-0.39, 0.29) is 4.90 Å². The molecule has 4 aromatic rings. The molecule has 0 saturated carbocycles. The minimum atomic E-state index is -3.58. The fraction of sp³-hybridized carbons (Fsp3) is 0.192. The zero-order valence-electron chi connectivity index (χ0n) is 18.3. The van der Waals surface area contributed by atoms with E-state index in [1.54, 1.807) is 35.1 Å². The predicted molar refractivity (Wildman–Crippen MR) is 131 cm³/mol. The first-order chi connectivity index (χ1) is 16.1. The molecule has 5 rings (SSSR count). The second-order valence-electron chi connectivity index (χ2n) is 8.10. The number of benzene rings is 3. The standard InChI is InChI=1S/C26H26N4O2S/c31-33(32,24-15-13-23(14-16-24)30-20-5-17-27-30)28-18-6-19-29-25-9-3-1-7-21(25)11-12-22-8-2-4-10-26(22)29/h1-5,7-10,13-17,20,28H,6,11-12,18-19H2. The molecule has 0 saturated heterocycles. The lowest BCUT2D eigenvalue weighted by molar-refractivity contribution is 0.579. The van der Waals surface area contributed by atoms with E-state index in [1.165, 1.54) is 22.5 Å². The minimum Gasteiger partial charge on any atom is -0.341 e. The number of aryl methyl sites for hydroxylation is 2. The van der Waals surface area contributed by atoms with Crippen LogP contribution in [0.3, 0.4) is 0 Å². The van der Waals surface area contributed by atoms with Gasteiger partial charge in [0.2, 0.25) is 10.0 Å². The molecule has 1 aromatic heterocycles. The molecule has 0 amide bonds. The molecule has 1 N–H and O–H groups in total. The molecular formula is C26H26N4O2S. The van der Waals surface area contributed by atoms with Crippen molar-refractivity contribution >= 4 is 21.4 Å². The van der Waals surface area contributed by atoms with Gasteiger partial charge in [-0.15, -0.1) is 0 Å². The Hall–Kier alpha value is -3.42. The van der Waals surface area contributed by atoms with Gasteiger partial charge in [-0.05, 0) is 72.9 Å². The molecule has 1 aliphatic rings. The first kappa shape index (κ1) is 21.4. The van der Waals surface area contributed by atoms with Crippen molar-refractivity contribution < 1.29 is 8.42 Å². The summed E-state index contributed by atoms with van der Waals surface area (Å²) in [7, 11) is -3.58. The zero-order chi connectivity index (χ0) is 22.7. The molecule has 0 bridgehead atoms. The van der Waals surface area contributed by atoms with Crippen molar-refractivity contribution in [1.82, 2.24) is 14.5 Å². The van der Waals surface area contributed by atoms with E-state index in [0.29, 0.717) is 13.0 Å². The van der Waals surface area contributed by atoms with Crippen molar-refractivity contribution in [2.24, 2.45) is 0 Å². The predicted octanol–water partition coefficient (Wildman–Crippen LogP) is 4.48. The Kier molecular flexibility index (Phi) is 5.98. The van der Waals surface area contributed by atoms with E-state index in [2.05, 4.69) is 63.3 Å². The van der Waals surface area contributed by atoms with Crippen molar-refractivity contribution in [2.75, 3.05) is 18.0 Å². The van der Waals surface area contributed by atoms with Gasteiger partial charge in [-0.3, -0.25) is 0 Å². The smallest absolute Gasteiger partial charge is 0.240 e. The molecule has 0 aliphatic carbocycles. The summed E-state index contributed by atoms with van der Waals surface area (Å²) in [6.45, 7) is 1.10. The summed E-state index contributed by atoms with van der Waals surface area (Å²) in [4.78, 5) is 2.58. The average Bonchev–Trinajstić information content (AvgIpc) is 3.33. The number of sulfonamides is 1. The molecule has 0 radical (unpaired) electrons. The fourth-order valence-corrected chi connectivity index (χ4v) is 5.41. The number of hydrogen-bond acceptors (Lipinski definition) is 4. The maximum absolute atomic E-state index is 12.8. The maximum Gasteiger partial charge on any atom is 0.240 e. The Labute approximate surface area is 194 Å². The second-order valence-corrected chi connectivity index (χ2v) is 9.87. The van der Waals surface area contributed by atoms with E-state index in [1.807, 2.05) is 12.3 Å². The van der Waals surface area contributed by atoms with Crippen LogP contribution in [-0.2, 0) is 22.9 Å². The zero-order valence-corrected chi connectivity index (χ0v) is 19.1. The fourth-order valence-electron chi connectivity index (χ4n) is 4.34. The van der Waals surface area contributed by atoms with Gasteiger partial charge in [0.05, 0.1) is 10.6 Å². The first-order valence-corrected chi connectivity index (χ1v) is 12.6.